The lowest BCUT2D eigenvalue weighted by Gasteiger charge is -2.23. The summed E-state index contributed by atoms with van der Waals surface area (Å²) in [7, 11) is 0. The van der Waals surface area contributed by atoms with Crippen molar-refractivity contribution in [2.75, 3.05) is 5.33 Å². The number of rotatable bonds is 3. The van der Waals surface area contributed by atoms with Gasteiger partial charge in [-0.05, 0) is 62.8 Å². The van der Waals surface area contributed by atoms with Crippen LogP contribution in [0.4, 0.5) is 0 Å². The van der Waals surface area contributed by atoms with Crippen LogP contribution >= 0.6 is 59.1 Å². The van der Waals surface area contributed by atoms with Gasteiger partial charge in [0.1, 0.15) is 0 Å². The van der Waals surface area contributed by atoms with Crippen molar-refractivity contribution in [3.05, 3.63) is 24.8 Å². The summed E-state index contributed by atoms with van der Waals surface area (Å²) >= 11 is 12.5. The fourth-order valence-electron chi connectivity index (χ4n) is 2.36. The molecule has 2 rings (SSSR count). The SMILES string of the molecule is BrCC(=Cc1cc(Br)c(Br)s1)C1CCCCC1. The Kier molecular flexibility index (Phi) is 5.78. The molecule has 1 heterocycles. The second kappa shape index (κ2) is 6.88. The van der Waals surface area contributed by atoms with E-state index < -0.39 is 0 Å². The van der Waals surface area contributed by atoms with E-state index in [0.717, 1.165) is 15.7 Å². The van der Waals surface area contributed by atoms with E-state index in [1.807, 2.05) is 0 Å². The molecule has 1 aromatic rings. The number of hydrogen-bond acceptors (Lipinski definition) is 1. The molecule has 4 heteroatoms. The minimum absolute atomic E-state index is 0.794. The van der Waals surface area contributed by atoms with Gasteiger partial charge in [0.2, 0.25) is 0 Å². The summed E-state index contributed by atoms with van der Waals surface area (Å²) in [4.78, 5) is 1.34. The van der Waals surface area contributed by atoms with Crippen LogP contribution in [0.3, 0.4) is 0 Å². The van der Waals surface area contributed by atoms with Crippen LogP contribution in [-0.4, -0.2) is 5.33 Å². The molecule has 0 bridgehead atoms. The Bertz CT molecular complexity index is 383. The van der Waals surface area contributed by atoms with Crippen molar-refractivity contribution < 1.29 is 0 Å². The standard InChI is InChI=1S/C13H15Br3S/c14-8-10(9-4-2-1-3-5-9)6-11-7-12(15)13(16)17-11/h6-7,9H,1-5,8H2. The van der Waals surface area contributed by atoms with Gasteiger partial charge in [0.05, 0.1) is 3.79 Å². The van der Waals surface area contributed by atoms with Crippen molar-refractivity contribution in [1.82, 2.24) is 0 Å². The zero-order valence-electron chi connectivity index (χ0n) is 9.52. The highest BCUT2D eigenvalue weighted by Gasteiger charge is 2.17. The largest absolute Gasteiger partial charge is 0.128 e. The van der Waals surface area contributed by atoms with E-state index >= 15 is 0 Å². The molecule has 0 amide bonds. The molecule has 1 aromatic heterocycles. The Morgan fingerprint density at radius 3 is 2.53 bits per heavy atom. The molecule has 1 aliphatic rings. The van der Waals surface area contributed by atoms with Crippen molar-refractivity contribution in [2.24, 2.45) is 5.92 Å². The third-order valence-corrected chi connectivity index (χ3v) is 7.13. The predicted octanol–water partition coefficient (Wildman–Crippen LogP) is 6.63. The average Bonchev–Trinajstić information content (AvgIpc) is 2.67. The summed E-state index contributed by atoms with van der Waals surface area (Å²) in [6, 6.07) is 2.19. The van der Waals surface area contributed by atoms with Gasteiger partial charge < -0.3 is 0 Å². The molecule has 1 fully saturated rings. The molecule has 94 valence electrons. The first-order valence-corrected chi connectivity index (χ1v) is 9.44. The molecule has 0 radical (unpaired) electrons. The highest BCUT2D eigenvalue weighted by atomic mass is 79.9. The molecule has 0 spiro atoms. The maximum Gasteiger partial charge on any atom is 0.0846 e. The number of allylic oxidation sites excluding steroid dienone is 1. The number of thiophene rings is 1. The summed E-state index contributed by atoms with van der Waals surface area (Å²) in [5.74, 6) is 0.794. The summed E-state index contributed by atoms with van der Waals surface area (Å²) < 4.78 is 2.34. The van der Waals surface area contributed by atoms with Crippen LogP contribution in [0.15, 0.2) is 19.9 Å². The van der Waals surface area contributed by atoms with Gasteiger partial charge in [-0.15, -0.1) is 11.3 Å². The zero-order valence-corrected chi connectivity index (χ0v) is 15.1. The number of hydrogen-bond donors (Lipinski definition) is 0. The lowest BCUT2D eigenvalue weighted by atomic mass is 9.84. The van der Waals surface area contributed by atoms with E-state index in [2.05, 4.69) is 59.9 Å². The van der Waals surface area contributed by atoms with Gasteiger partial charge in [0.15, 0.2) is 0 Å². The fourth-order valence-corrected chi connectivity index (χ4v) is 5.04. The van der Waals surface area contributed by atoms with Crippen LogP contribution in [0.2, 0.25) is 0 Å². The minimum Gasteiger partial charge on any atom is -0.128 e. The van der Waals surface area contributed by atoms with E-state index in [-0.39, 0.29) is 0 Å². The molecule has 0 saturated heterocycles. The first kappa shape index (κ1) is 14.3. The first-order valence-electron chi connectivity index (χ1n) is 5.92. The first-order chi connectivity index (χ1) is 8.20. The van der Waals surface area contributed by atoms with Crippen LogP contribution in [0.25, 0.3) is 6.08 Å². The monoisotopic (exact) mass is 440 g/mol. The molecular weight excluding hydrogens is 428 g/mol. The molecule has 0 aromatic carbocycles. The fraction of sp³-hybridized carbons (Fsp3) is 0.538. The quantitative estimate of drug-likeness (QED) is 0.460. The molecule has 0 unspecified atom stereocenters. The van der Waals surface area contributed by atoms with Crippen molar-refractivity contribution in [2.45, 2.75) is 32.1 Å². The summed E-state index contributed by atoms with van der Waals surface area (Å²) in [6.07, 6.45) is 9.31. The topological polar surface area (TPSA) is 0 Å². The third kappa shape index (κ3) is 3.92. The normalized spacial score (nSPS) is 18.6. The Morgan fingerprint density at radius 1 is 1.29 bits per heavy atom. The average molecular weight is 443 g/mol. The molecule has 0 atom stereocenters. The van der Waals surface area contributed by atoms with Crippen LogP contribution in [0, 0.1) is 5.92 Å². The van der Waals surface area contributed by atoms with Crippen molar-refractivity contribution in [3.63, 3.8) is 0 Å². The van der Waals surface area contributed by atoms with Crippen LogP contribution < -0.4 is 0 Å². The van der Waals surface area contributed by atoms with E-state index in [1.165, 1.54) is 40.8 Å². The second-order valence-corrected chi connectivity index (χ2v) is 8.27. The summed E-state index contributed by atoms with van der Waals surface area (Å²) in [5.41, 5.74) is 1.56. The Balaban J connectivity index is 2.16. The molecule has 0 nitrogen and oxygen atoms in total. The van der Waals surface area contributed by atoms with Gasteiger partial charge in [0, 0.05) is 14.7 Å². The highest BCUT2D eigenvalue weighted by Crippen LogP contribution is 2.36. The van der Waals surface area contributed by atoms with Crippen molar-refractivity contribution in [3.8, 4) is 0 Å². The smallest absolute Gasteiger partial charge is 0.0846 e. The van der Waals surface area contributed by atoms with E-state index in [1.54, 1.807) is 16.9 Å². The summed E-state index contributed by atoms with van der Waals surface area (Å²) in [6.45, 7) is 0. The predicted molar refractivity (Wildman–Crippen MR) is 88.1 cm³/mol. The number of alkyl halides is 1. The van der Waals surface area contributed by atoms with Crippen LogP contribution in [-0.2, 0) is 0 Å². The van der Waals surface area contributed by atoms with Crippen molar-refractivity contribution in [1.29, 1.82) is 0 Å². The van der Waals surface area contributed by atoms with Crippen LogP contribution in [0.1, 0.15) is 37.0 Å². The van der Waals surface area contributed by atoms with Crippen LogP contribution in [0.5, 0.6) is 0 Å². The molecule has 1 saturated carbocycles. The van der Waals surface area contributed by atoms with Gasteiger partial charge in [-0.3, -0.25) is 0 Å². The lowest BCUT2D eigenvalue weighted by Crippen LogP contribution is -2.09. The van der Waals surface area contributed by atoms with Gasteiger partial charge in [0.25, 0.3) is 0 Å². The second-order valence-electron chi connectivity index (χ2n) is 4.46. The Hall–Kier alpha value is 0.880. The molecule has 0 N–H and O–H groups in total. The van der Waals surface area contributed by atoms with Gasteiger partial charge >= 0.3 is 0 Å². The van der Waals surface area contributed by atoms with E-state index in [4.69, 9.17) is 0 Å². The maximum atomic E-state index is 3.65. The summed E-state index contributed by atoms with van der Waals surface area (Å²) in [5, 5.41) is 1.00. The van der Waals surface area contributed by atoms with E-state index in [9.17, 15) is 0 Å². The molecule has 17 heavy (non-hydrogen) atoms. The van der Waals surface area contributed by atoms with Gasteiger partial charge in [-0.25, -0.2) is 0 Å². The van der Waals surface area contributed by atoms with Crippen molar-refractivity contribution >= 4 is 65.2 Å². The minimum atomic E-state index is 0.794. The maximum absolute atomic E-state index is 3.65. The zero-order chi connectivity index (χ0) is 12.3. The third-order valence-electron chi connectivity index (χ3n) is 3.28. The number of halogens is 3. The molecule has 0 aliphatic heterocycles. The highest BCUT2D eigenvalue weighted by molar-refractivity contribution is 9.13. The molecule has 1 aliphatic carbocycles. The van der Waals surface area contributed by atoms with Gasteiger partial charge in [-0.1, -0.05) is 40.8 Å². The Labute approximate surface area is 132 Å². The lowest BCUT2D eigenvalue weighted by molar-refractivity contribution is 0.406. The van der Waals surface area contributed by atoms with Gasteiger partial charge in [-0.2, -0.15) is 0 Å². The van der Waals surface area contributed by atoms with E-state index in [0.29, 0.717) is 0 Å². The molecular formula is C13H15Br3S. The Morgan fingerprint density at radius 2 is 2.00 bits per heavy atom.